The van der Waals surface area contributed by atoms with Gasteiger partial charge in [0, 0.05) is 22.8 Å². The minimum Gasteiger partial charge on any atom is -0.299 e. The van der Waals surface area contributed by atoms with Crippen molar-refractivity contribution < 1.29 is 4.79 Å². The summed E-state index contributed by atoms with van der Waals surface area (Å²) in [7, 11) is 0. The van der Waals surface area contributed by atoms with Crippen LogP contribution >= 0.6 is 15.9 Å². The van der Waals surface area contributed by atoms with Crippen molar-refractivity contribution in [3.05, 3.63) is 46.2 Å². The molecule has 24 heavy (non-hydrogen) atoms. The molecule has 3 nitrogen and oxygen atoms in total. The van der Waals surface area contributed by atoms with Gasteiger partial charge in [0.15, 0.2) is 0 Å². The standard InChI is InChI=1S/C20H23BrN2O/c1-19(2)15-10-9-14-17(20(15,3)12-11-16(19)24)22-23(18(14)21)13-7-5-4-6-8-13/h4-8,15H,9-12H2,1-3H3/t15-,20-/m0/s1. The van der Waals surface area contributed by atoms with Crippen LogP contribution in [0.2, 0.25) is 0 Å². The Hall–Kier alpha value is -1.42. The normalized spacial score (nSPS) is 28.3. The van der Waals surface area contributed by atoms with Gasteiger partial charge in [-0.3, -0.25) is 4.79 Å². The average molecular weight is 387 g/mol. The second-order valence-corrected chi connectivity index (χ2v) is 8.77. The Morgan fingerprint density at radius 3 is 2.58 bits per heavy atom. The zero-order chi connectivity index (χ0) is 17.1. The van der Waals surface area contributed by atoms with Gasteiger partial charge in [0.2, 0.25) is 0 Å². The number of carbonyl (C=O) groups is 1. The van der Waals surface area contributed by atoms with Crippen LogP contribution < -0.4 is 0 Å². The molecule has 0 unspecified atom stereocenters. The monoisotopic (exact) mass is 386 g/mol. The highest BCUT2D eigenvalue weighted by molar-refractivity contribution is 9.10. The maximum absolute atomic E-state index is 12.5. The van der Waals surface area contributed by atoms with Crippen LogP contribution in [0.15, 0.2) is 34.9 Å². The fourth-order valence-electron chi connectivity index (χ4n) is 4.96. The van der Waals surface area contributed by atoms with Crippen LogP contribution in [0.3, 0.4) is 0 Å². The largest absolute Gasteiger partial charge is 0.299 e. The molecule has 0 saturated heterocycles. The number of hydrogen-bond acceptors (Lipinski definition) is 2. The van der Waals surface area contributed by atoms with E-state index in [0.717, 1.165) is 29.6 Å². The lowest BCUT2D eigenvalue weighted by atomic mass is 9.51. The van der Waals surface area contributed by atoms with Crippen LogP contribution in [0.1, 0.15) is 51.3 Å². The number of Topliss-reactive ketones (excluding diaryl/α,β-unsaturated/α-hetero) is 1. The summed E-state index contributed by atoms with van der Waals surface area (Å²) in [4.78, 5) is 12.5. The molecule has 0 bridgehead atoms. The summed E-state index contributed by atoms with van der Waals surface area (Å²) in [6.45, 7) is 6.58. The van der Waals surface area contributed by atoms with Crippen LogP contribution in [0.5, 0.6) is 0 Å². The van der Waals surface area contributed by atoms with E-state index < -0.39 is 0 Å². The Balaban J connectivity index is 1.86. The molecule has 2 aliphatic rings. The molecule has 1 aromatic carbocycles. The predicted octanol–water partition coefficient (Wildman–Crippen LogP) is 4.84. The van der Waals surface area contributed by atoms with Gasteiger partial charge in [-0.25, -0.2) is 4.68 Å². The van der Waals surface area contributed by atoms with Gasteiger partial charge in [-0.2, -0.15) is 5.10 Å². The van der Waals surface area contributed by atoms with E-state index in [2.05, 4.69) is 48.8 Å². The second-order valence-electron chi connectivity index (χ2n) is 8.02. The number of benzene rings is 1. The zero-order valence-electron chi connectivity index (χ0n) is 14.5. The Morgan fingerprint density at radius 1 is 1.17 bits per heavy atom. The highest BCUT2D eigenvalue weighted by Crippen LogP contribution is 2.56. The third-order valence-electron chi connectivity index (χ3n) is 6.38. The highest BCUT2D eigenvalue weighted by Gasteiger charge is 2.55. The van der Waals surface area contributed by atoms with Gasteiger partial charge in [-0.05, 0) is 53.2 Å². The Bertz CT molecular complexity index is 809. The smallest absolute Gasteiger partial charge is 0.138 e. The summed E-state index contributed by atoms with van der Waals surface area (Å²) in [6.07, 6.45) is 3.61. The van der Waals surface area contributed by atoms with E-state index in [0.29, 0.717) is 18.1 Å². The fourth-order valence-corrected chi connectivity index (χ4v) is 5.63. The number of halogens is 1. The molecule has 1 aromatic heterocycles. The number of ketones is 1. The molecular formula is C20H23BrN2O. The SMILES string of the molecule is CC1(C)C(=O)CC[C@]2(C)c3nn(-c4ccccc4)c(Br)c3CC[C@@H]12. The van der Waals surface area contributed by atoms with Gasteiger partial charge >= 0.3 is 0 Å². The number of hydrogen-bond donors (Lipinski definition) is 0. The molecule has 0 spiro atoms. The molecular weight excluding hydrogens is 364 g/mol. The number of nitrogens with zero attached hydrogens (tertiary/aromatic N) is 2. The number of para-hydroxylation sites is 1. The topological polar surface area (TPSA) is 34.9 Å². The van der Waals surface area contributed by atoms with Gasteiger partial charge in [-0.15, -0.1) is 0 Å². The van der Waals surface area contributed by atoms with Crippen molar-refractivity contribution in [2.75, 3.05) is 0 Å². The third kappa shape index (κ3) is 2.08. The molecule has 0 radical (unpaired) electrons. The molecule has 1 saturated carbocycles. The molecule has 4 heteroatoms. The average Bonchev–Trinajstić information content (AvgIpc) is 2.91. The molecule has 0 amide bonds. The van der Waals surface area contributed by atoms with Crippen LogP contribution in [0.25, 0.3) is 5.69 Å². The summed E-state index contributed by atoms with van der Waals surface area (Å²) in [5, 5.41) is 5.03. The van der Waals surface area contributed by atoms with E-state index in [4.69, 9.17) is 5.10 Å². The summed E-state index contributed by atoms with van der Waals surface area (Å²) in [6, 6.07) is 10.3. The van der Waals surface area contributed by atoms with Gasteiger partial charge in [0.1, 0.15) is 10.4 Å². The van der Waals surface area contributed by atoms with E-state index in [1.54, 1.807) is 0 Å². The Morgan fingerprint density at radius 2 is 1.88 bits per heavy atom. The van der Waals surface area contributed by atoms with E-state index >= 15 is 0 Å². The first-order valence-electron chi connectivity index (χ1n) is 8.72. The quantitative estimate of drug-likeness (QED) is 0.702. The summed E-state index contributed by atoms with van der Waals surface area (Å²) >= 11 is 3.79. The minimum absolute atomic E-state index is 0.0203. The number of fused-ring (bicyclic) bond motifs is 3. The Kier molecular flexibility index (Phi) is 3.54. The summed E-state index contributed by atoms with van der Waals surface area (Å²) in [5.74, 6) is 0.778. The van der Waals surface area contributed by atoms with E-state index in [9.17, 15) is 4.79 Å². The van der Waals surface area contributed by atoms with Crippen LogP contribution in [0.4, 0.5) is 0 Å². The maximum Gasteiger partial charge on any atom is 0.138 e. The number of carbonyl (C=O) groups excluding carboxylic acids is 1. The highest BCUT2D eigenvalue weighted by atomic mass is 79.9. The molecule has 2 aromatic rings. The lowest BCUT2D eigenvalue weighted by Gasteiger charge is -2.51. The molecule has 1 heterocycles. The number of aromatic nitrogens is 2. The Labute approximate surface area is 151 Å². The predicted molar refractivity (Wildman–Crippen MR) is 98.4 cm³/mol. The van der Waals surface area contributed by atoms with Crippen LogP contribution in [0, 0.1) is 11.3 Å². The molecule has 2 aliphatic carbocycles. The number of rotatable bonds is 1. The first-order chi connectivity index (χ1) is 11.4. The minimum atomic E-state index is -0.256. The van der Waals surface area contributed by atoms with E-state index in [1.807, 2.05) is 22.9 Å². The third-order valence-corrected chi connectivity index (χ3v) is 7.19. The summed E-state index contributed by atoms with van der Waals surface area (Å²) in [5.41, 5.74) is 3.31. The molecule has 4 rings (SSSR count). The van der Waals surface area contributed by atoms with Crippen molar-refractivity contribution in [2.45, 2.75) is 51.9 Å². The molecule has 1 fully saturated rings. The van der Waals surface area contributed by atoms with Crippen molar-refractivity contribution in [1.82, 2.24) is 9.78 Å². The molecule has 0 aliphatic heterocycles. The van der Waals surface area contributed by atoms with Gasteiger partial charge < -0.3 is 0 Å². The fraction of sp³-hybridized carbons (Fsp3) is 0.500. The van der Waals surface area contributed by atoms with E-state index in [-0.39, 0.29) is 10.8 Å². The zero-order valence-corrected chi connectivity index (χ0v) is 16.1. The van der Waals surface area contributed by atoms with Crippen LogP contribution in [-0.2, 0) is 16.6 Å². The van der Waals surface area contributed by atoms with E-state index in [1.165, 1.54) is 11.3 Å². The van der Waals surface area contributed by atoms with Crippen molar-refractivity contribution in [3.8, 4) is 5.69 Å². The summed E-state index contributed by atoms with van der Waals surface area (Å²) < 4.78 is 3.08. The van der Waals surface area contributed by atoms with Crippen molar-refractivity contribution >= 4 is 21.7 Å². The van der Waals surface area contributed by atoms with Crippen LogP contribution in [-0.4, -0.2) is 15.6 Å². The first kappa shape index (κ1) is 16.1. The van der Waals surface area contributed by atoms with Gasteiger partial charge in [-0.1, -0.05) is 39.0 Å². The molecule has 126 valence electrons. The van der Waals surface area contributed by atoms with Gasteiger partial charge in [0.25, 0.3) is 0 Å². The molecule has 2 atom stereocenters. The lowest BCUT2D eigenvalue weighted by molar-refractivity contribution is -0.137. The maximum atomic E-state index is 12.5. The lowest BCUT2D eigenvalue weighted by Crippen LogP contribution is -2.52. The molecule has 0 N–H and O–H groups in total. The van der Waals surface area contributed by atoms with Gasteiger partial charge in [0.05, 0.1) is 11.4 Å². The van der Waals surface area contributed by atoms with Crippen molar-refractivity contribution in [1.29, 1.82) is 0 Å². The first-order valence-corrected chi connectivity index (χ1v) is 9.51. The van der Waals surface area contributed by atoms with Crippen molar-refractivity contribution in [3.63, 3.8) is 0 Å². The van der Waals surface area contributed by atoms with Crippen molar-refractivity contribution in [2.24, 2.45) is 11.3 Å². The second kappa shape index (κ2) is 5.29.